The van der Waals surface area contributed by atoms with Gasteiger partial charge in [0, 0.05) is 0 Å². The monoisotopic (exact) mass is 395 g/mol. The van der Waals surface area contributed by atoms with E-state index in [1.54, 1.807) is 48.5 Å². The highest BCUT2D eigenvalue weighted by Gasteiger charge is 2.26. The van der Waals surface area contributed by atoms with Crippen molar-refractivity contribution in [2.45, 2.75) is 6.92 Å². The Morgan fingerprint density at radius 3 is 2.52 bits per heavy atom. The molecule has 0 unspecified atom stereocenters. The fraction of sp³-hybridized carbons (Fsp3) is 0.105. The molecule has 0 aliphatic carbocycles. The molecule has 0 aliphatic heterocycles. The van der Waals surface area contributed by atoms with Crippen LogP contribution >= 0.6 is 0 Å². The van der Waals surface area contributed by atoms with Crippen LogP contribution in [-0.4, -0.2) is 27.9 Å². The topological polar surface area (TPSA) is 129 Å². The maximum atomic E-state index is 12.4. The van der Waals surface area contributed by atoms with Crippen LogP contribution in [-0.2, 0) is 0 Å². The summed E-state index contributed by atoms with van der Waals surface area (Å²) >= 11 is 0. The number of carbonyl (C=O) groups excluding carboxylic acids is 1. The Hall–Kier alpha value is -4.21. The van der Waals surface area contributed by atoms with Gasteiger partial charge in [0.15, 0.2) is 0 Å². The van der Waals surface area contributed by atoms with Crippen LogP contribution in [0.15, 0.2) is 54.9 Å². The van der Waals surface area contributed by atoms with Gasteiger partial charge in [0.1, 0.15) is 17.8 Å². The zero-order valence-electron chi connectivity index (χ0n) is 15.6. The van der Waals surface area contributed by atoms with Crippen LogP contribution in [0.3, 0.4) is 0 Å². The van der Waals surface area contributed by atoms with E-state index in [4.69, 9.17) is 9.47 Å². The van der Waals surface area contributed by atoms with Crippen LogP contribution in [0, 0.1) is 17.0 Å². The first-order valence-electron chi connectivity index (χ1n) is 8.43. The summed E-state index contributed by atoms with van der Waals surface area (Å²) in [5, 5.41) is 11.6. The highest BCUT2D eigenvalue weighted by molar-refractivity contribution is 5.97. The van der Waals surface area contributed by atoms with Gasteiger partial charge in [-0.3, -0.25) is 25.8 Å². The van der Waals surface area contributed by atoms with Gasteiger partial charge >= 0.3 is 11.6 Å². The third kappa shape index (κ3) is 4.56. The SMILES string of the molecule is COc1ccccc1C(=O)NNc1ncnc(Oc2ccc(C)cc2)c1[N+](=O)[O-]. The fourth-order valence-electron chi connectivity index (χ4n) is 2.43. The standard InChI is InChI=1S/C19H17N5O5/c1-12-7-9-13(10-8-12)29-19-16(24(26)27)17(20-11-21-19)22-23-18(25)14-5-3-4-6-15(14)28-2/h3-11H,1-2H3,(H,23,25)(H,20,21,22). The van der Waals surface area contributed by atoms with Crippen LogP contribution in [0.5, 0.6) is 17.4 Å². The Balaban J connectivity index is 1.83. The summed E-state index contributed by atoms with van der Waals surface area (Å²) in [6.45, 7) is 1.91. The second-order valence-electron chi connectivity index (χ2n) is 5.83. The zero-order chi connectivity index (χ0) is 20.8. The number of nitrogens with one attached hydrogen (secondary N) is 2. The van der Waals surface area contributed by atoms with E-state index >= 15 is 0 Å². The summed E-state index contributed by atoms with van der Waals surface area (Å²) in [7, 11) is 1.43. The molecule has 0 radical (unpaired) electrons. The first-order valence-corrected chi connectivity index (χ1v) is 8.43. The average Bonchev–Trinajstić information content (AvgIpc) is 2.73. The molecular weight excluding hydrogens is 378 g/mol. The van der Waals surface area contributed by atoms with Crippen molar-refractivity contribution in [3.8, 4) is 17.4 Å². The number of aryl methyl sites for hydroxylation is 1. The van der Waals surface area contributed by atoms with Crippen molar-refractivity contribution >= 4 is 17.4 Å². The van der Waals surface area contributed by atoms with Gasteiger partial charge in [-0.1, -0.05) is 29.8 Å². The molecule has 1 amide bonds. The van der Waals surface area contributed by atoms with Crippen molar-refractivity contribution in [2.24, 2.45) is 0 Å². The molecule has 1 heterocycles. The predicted molar refractivity (Wildman–Crippen MR) is 104 cm³/mol. The summed E-state index contributed by atoms with van der Waals surface area (Å²) in [6.07, 6.45) is 1.09. The first-order chi connectivity index (χ1) is 14.0. The van der Waals surface area contributed by atoms with Crippen LogP contribution in [0.4, 0.5) is 11.5 Å². The Morgan fingerprint density at radius 2 is 1.83 bits per heavy atom. The van der Waals surface area contributed by atoms with Crippen LogP contribution in [0.1, 0.15) is 15.9 Å². The summed E-state index contributed by atoms with van der Waals surface area (Å²) < 4.78 is 10.7. The Labute approximate surface area is 165 Å². The summed E-state index contributed by atoms with van der Waals surface area (Å²) in [4.78, 5) is 30.9. The van der Waals surface area contributed by atoms with Gasteiger partial charge in [-0.2, -0.15) is 4.98 Å². The number of anilines is 1. The number of methoxy groups -OCH3 is 1. The lowest BCUT2D eigenvalue weighted by Crippen LogP contribution is -2.30. The molecule has 3 rings (SSSR count). The number of aromatic nitrogens is 2. The number of nitro groups is 1. The third-order valence-electron chi connectivity index (χ3n) is 3.85. The number of ether oxygens (including phenoxy) is 2. The van der Waals surface area contributed by atoms with E-state index in [1.807, 2.05) is 6.92 Å². The first kappa shape index (κ1) is 19.5. The second kappa shape index (κ2) is 8.65. The number of para-hydroxylation sites is 1. The summed E-state index contributed by atoms with van der Waals surface area (Å²) in [5.41, 5.74) is 5.55. The molecule has 0 spiro atoms. The minimum atomic E-state index is -0.693. The smallest absolute Gasteiger partial charge is 0.374 e. The van der Waals surface area contributed by atoms with Crippen LogP contribution in [0.25, 0.3) is 0 Å². The maximum absolute atomic E-state index is 12.4. The molecule has 2 N–H and O–H groups in total. The van der Waals surface area contributed by atoms with Crippen LogP contribution in [0.2, 0.25) is 0 Å². The van der Waals surface area contributed by atoms with Crippen molar-refractivity contribution in [3.63, 3.8) is 0 Å². The van der Waals surface area contributed by atoms with E-state index in [-0.39, 0.29) is 17.3 Å². The van der Waals surface area contributed by atoms with Gasteiger partial charge in [-0.05, 0) is 31.2 Å². The number of amides is 1. The molecule has 2 aromatic carbocycles. The number of rotatable bonds is 7. The van der Waals surface area contributed by atoms with E-state index < -0.39 is 16.5 Å². The molecule has 3 aromatic rings. The minimum absolute atomic E-state index is 0.227. The Morgan fingerprint density at radius 1 is 1.10 bits per heavy atom. The van der Waals surface area contributed by atoms with Gasteiger partial charge in [-0.15, -0.1) is 0 Å². The van der Waals surface area contributed by atoms with Crippen LogP contribution < -0.4 is 20.3 Å². The second-order valence-corrected chi connectivity index (χ2v) is 5.83. The zero-order valence-corrected chi connectivity index (χ0v) is 15.6. The van der Waals surface area contributed by atoms with Gasteiger partial charge in [0.25, 0.3) is 5.91 Å². The Kier molecular flexibility index (Phi) is 5.83. The van der Waals surface area contributed by atoms with E-state index in [9.17, 15) is 14.9 Å². The Bertz CT molecular complexity index is 1040. The number of hydrogen-bond acceptors (Lipinski definition) is 8. The van der Waals surface area contributed by atoms with Gasteiger partial charge < -0.3 is 9.47 Å². The molecule has 0 bridgehead atoms. The average molecular weight is 395 g/mol. The minimum Gasteiger partial charge on any atom is -0.496 e. The molecule has 0 aliphatic rings. The number of nitrogens with zero attached hydrogens (tertiary/aromatic N) is 3. The number of hydrazine groups is 1. The number of carbonyl (C=O) groups is 1. The third-order valence-corrected chi connectivity index (χ3v) is 3.85. The molecule has 0 saturated heterocycles. The van der Waals surface area contributed by atoms with Crippen molar-refractivity contribution in [1.82, 2.24) is 15.4 Å². The van der Waals surface area contributed by atoms with E-state index in [1.165, 1.54) is 7.11 Å². The van der Waals surface area contributed by atoms with E-state index in [0.717, 1.165) is 11.9 Å². The molecule has 10 heteroatoms. The normalized spacial score (nSPS) is 10.1. The largest absolute Gasteiger partial charge is 0.496 e. The summed E-state index contributed by atoms with van der Waals surface area (Å²) in [5.74, 6) is -0.316. The van der Waals surface area contributed by atoms with Gasteiger partial charge in [0.2, 0.25) is 5.82 Å². The van der Waals surface area contributed by atoms with Crippen molar-refractivity contribution < 1.29 is 19.2 Å². The highest BCUT2D eigenvalue weighted by Crippen LogP contribution is 2.33. The molecule has 0 atom stereocenters. The van der Waals surface area contributed by atoms with Gasteiger partial charge in [-0.25, -0.2) is 4.98 Å². The molecular formula is C19H17N5O5. The fourth-order valence-corrected chi connectivity index (χ4v) is 2.43. The molecule has 0 saturated carbocycles. The lowest BCUT2D eigenvalue weighted by atomic mass is 10.2. The lowest BCUT2D eigenvalue weighted by Gasteiger charge is -2.11. The lowest BCUT2D eigenvalue weighted by molar-refractivity contribution is -0.385. The molecule has 148 valence electrons. The van der Waals surface area contributed by atoms with Crippen molar-refractivity contribution in [1.29, 1.82) is 0 Å². The highest BCUT2D eigenvalue weighted by atomic mass is 16.6. The predicted octanol–water partition coefficient (Wildman–Crippen LogP) is 3.25. The number of benzene rings is 2. The quantitative estimate of drug-likeness (QED) is 0.461. The molecule has 10 nitrogen and oxygen atoms in total. The van der Waals surface area contributed by atoms with E-state index in [2.05, 4.69) is 20.8 Å². The molecule has 29 heavy (non-hydrogen) atoms. The maximum Gasteiger partial charge on any atom is 0.374 e. The van der Waals surface area contributed by atoms with Crippen molar-refractivity contribution in [2.75, 3.05) is 12.5 Å². The van der Waals surface area contributed by atoms with E-state index in [0.29, 0.717) is 11.5 Å². The molecule has 1 aromatic heterocycles. The number of hydrogen-bond donors (Lipinski definition) is 2. The van der Waals surface area contributed by atoms with Gasteiger partial charge in [0.05, 0.1) is 17.6 Å². The molecule has 0 fully saturated rings. The van der Waals surface area contributed by atoms with Crippen molar-refractivity contribution in [3.05, 3.63) is 76.1 Å². The summed E-state index contributed by atoms with van der Waals surface area (Å²) in [6, 6.07) is 13.5.